The maximum atomic E-state index is 10.7. The van der Waals surface area contributed by atoms with E-state index in [0.29, 0.717) is 23.7 Å². The van der Waals surface area contributed by atoms with E-state index in [2.05, 4.69) is 19.2 Å². The number of carboxylic acids is 1. The second-order valence-electron chi connectivity index (χ2n) is 5.43. The molecule has 0 spiro atoms. The molecule has 2 unspecified atom stereocenters. The van der Waals surface area contributed by atoms with Gasteiger partial charge in [-0.25, -0.2) is 0 Å². The summed E-state index contributed by atoms with van der Waals surface area (Å²) in [4.78, 5) is 10.7. The third kappa shape index (κ3) is 4.72. The van der Waals surface area contributed by atoms with Gasteiger partial charge in [0.15, 0.2) is 0 Å². The maximum Gasteiger partial charge on any atom is 0.303 e. The summed E-state index contributed by atoms with van der Waals surface area (Å²) in [7, 11) is 3.28. The molecule has 1 aromatic carbocycles. The van der Waals surface area contributed by atoms with Gasteiger partial charge in [-0.15, -0.1) is 0 Å². The normalized spacial score (nSPS) is 14.0. The van der Waals surface area contributed by atoms with E-state index in [1.807, 2.05) is 18.2 Å². The molecular weight excluding hydrogens is 270 g/mol. The summed E-state index contributed by atoms with van der Waals surface area (Å²) < 4.78 is 5.32. The molecule has 0 saturated heterocycles. The molecule has 2 atom stereocenters. The molecule has 3 N–H and O–H groups in total. The van der Waals surface area contributed by atoms with E-state index in [9.17, 15) is 9.90 Å². The molecule has 1 rings (SSSR count). The predicted molar refractivity (Wildman–Crippen MR) is 81.8 cm³/mol. The lowest BCUT2D eigenvalue weighted by molar-refractivity contribution is -0.137. The number of aliphatic carboxylic acids is 1. The molecule has 21 heavy (non-hydrogen) atoms. The molecule has 5 heteroatoms. The van der Waals surface area contributed by atoms with Crippen LogP contribution in [0.5, 0.6) is 5.75 Å². The molecule has 0 saturated carbocycles. The molecule has 0 aliphatic carbocycles. The number of aliphatic hydroxyl groups is 1. The Morgan fingerprint density at radius 2 is 2.05 bits per heavy atom. The van der Waals surface area contributed by atoms with Crippen LogP contribution in [0.2, 0.25) is 0 Å². The largest absolute Gasteiger partial charge is 0.496 e. The highest BCUT2D eigenvalue weighted by Gasteiger charge is 2.23. The van der Waals surface area contributed by atoms with Crippen LogP contribution < -0.4 is 10.1 Å². The third-order valence-electron chi connectivity index (χ3n) is 3.66. The van der Waals surface area contributed by atoms with Crippen molar-refractivity contribution in [3.63, 3.8) is 0 Å². The topological polar surface area (TPSA) is 78.8 Å². The van der Waals surface area contributed by atoms with Gasteiger partial charge in [-0.2, -0.15) is 0 Å². The maximum absolute atomic E-state index is 10.7. The number of hydrogen-bond donors (Lipinski definition) is 3. The number of ether oxygens (including phenoxy) is 1. The van der Waals surface area contributed by atoms with Crippen molar-refractivity contribution < 1.29 is 19.7 Å². The van der Waals surface area contributed by atoms with Gasteiger partial charge >= 0.3 is 5.97 Å². The summed E-state index contributed by atoms with van der Waals surface area (Å²) in [5.74, 6) is 0.0849. The molecular formula is C16H25NO4. The Morgan fingerprint density at radius 1 is 1.38 bits per heavy atom. The average Bonchev–Trinajstić information content (AvgIpc) is 2.46. The zero-order chi connectivity index (χ0) is 16.0. The van der Waals surface area contributed by atoms with Crippen molar-refractivity contribution >= 4 is 5.97 Å². The van der Waals surface area contributed by atoms with Crippen LogP contribution in [0.15, 0.2) is 18.2 Å². The van der Waals surface area contributed by atoms with Gasteiger partial charge in [0.1, 0.15) is 5.75 Å². The number of rotatable bonds is 8. The number of aliphatic hydroxyl groups excluding tert-OH is 1. The summed E-state index contributed by atoms with van der Waals surface area (Å²) >= 11 is 0. The number of methoxy groups -OCH3 is 1. The van der Waals surface area contributed by atoms with Gasteiger partial charge in [-0.05, 0) is 37.1 Å². The number of benzene rings is 1. The Bertz CT molecular complexity index is 473. The first-order valence-corrected chi connectivity index (χ1v) is 7.15. The molecule has 118 valence electrons. The van der Waals surface area contributed by atoms with E-state index < -0.39 is 12.1 Å². The van der Waals surface area contributed by atoms with Gasteiger partial charge in [0.05, 0.1) is 13.2 Å². The summed E-state index contributed by atoms with van der Waals surface area (Å²) in [5.41, 5.74) is 1.80. The first-order valence-electron chi connectivity index (χ1n) is 7.15. The van der Waals surface area contributed by atoms with E-state index >= 15 is 0 Å². The molecule has 5 nitrogen and oxygen atoms in total. The minimum atomic E-state index is -0.870. The Hall–Kier alpha value is -1.59. The molecule has 0 aliphatic rings. The minimum absolute atomic E-state index is 0.00868. The number of hydrogen-bond acceptors (Lipinski definition) is 4. The van der Waals surface area contributed by atoms with Gasteiger partial charge in [0.25, 0.3) is 0 Å². The minimum Gasteiger partial charge on any atom is -0.496 e. The molecule has 0 aliphatic heterocycles. The molecule has 0 aromatic heterocycles. The Morgan fingerprint density at radius 3 is 2.52 bits per heavy atom. The van der Waals surface area contributed by atoms with E-state index in [1.54, 1.807) is 14.2 Å². The SMILES string of the molecule is CNC(CCC(=O)O)C(O)c1cc(C(C)C)ccc1OC. The summed E-state index contributed by atoms with van der Waals surface area (Å²) in [6, 6.07) is 5.42. The van der Waals surface area contributed by atoms with Crippen LogP contribution in [0.3, 0.4) is 0 Å². The smallest absolute Gasteiger partial charge is 0.303 e. The quantitative estimate of drug-likeness (QED) is 0.686. The predicted octanol–water partition coefficient (Wildman–Crippen LogP) is 2.30. The fraction of sp³-hybridized carbons (Fsp3) is 0.562. The lowest BCUT2D eigenvalue weighted by Gasteiger charge is -2.24. The molecule has 0 fully saturated rings. The van der Waals surface area contributed by atoms with Crippen molar-refractivity contribution in [2.45, 2.75) is 44.8 Å². The first kappa shape index (κ1) is 17.5. The fourth-order valence-corrected chi connectivity index (χ4v) is 2.30. The van der Waals surface area contributed by atoms with Crippen molar-refractivity contribution in [1.29, 1.82) is 0 Å². The second kappa shape index (κ2) is 8.00. The molecule has 1 aromatic rings. The number of likely N-dealkylation sites (N-methyl/N-ethyl adjacent to an activating group) is 1. The van der Waals surface area contributed by atoms with Crippen molar-refractivity contribution in [2.75, 3.05) is 14.2 Å². The third-order valence-corrected chi connectivity index (χ3v) is 3.66. The van der Waals surface area contributed by atoms with Crippen molar-refractivity contribution in [2.24, 2.45) is 0 Å². The van der Waals surface area contributed by atoms with Crippen LogP contribution in [0.1, 0.15) is 49.8 Å². The highest BCUT2D eigenvalue weighted by Crippen LogP contribution is 2.31. The zero-order valence-electron chi connectivity index (χ0n) is 13.1. The van der Waals surface area contributed by atoms with E-state index in [0.717, 1.165) is 5.56 Å². The Kier molecular flexibility index (Phi) is 6.65. The highest BCUT2D eigenvalue weighted by atomic mass is 16.5. The molecule has 0 radical (unpaired) electrons. The molecule has 0 heterocycles. The fourth-order valence-electron chi connectivity index (χ4n) is 2.30. The van der Waals surface area contributed by atoms with Gasteiger partial charge in [0.2, 0.25) is 0 Å². The molecule has 0 bridgehead atoms. The lowest BCUT2D eigenvalue weighted by atomic mass is 9.93. The van der Waals surface area contributed by atoms with Gasteiger partial charge in [0, 0.05) is 18.0 Å². The number of nitrogens with one attached hydrogen (secondary N) is 1. The highest BCUT2D eigenvalue weighted by molar-refractivity contribution is 5.66. The first-order chi connectivity index (χ1) is 9.90. The zero-order valence-corrected chi connectivity index (χ0v) is 13.1. The van der Waals surface area contributed by atoms with E-state index in [1.165, 1.54) is 0 Å². The monoisotopic (exact) mass is 295 g/mol. The van der Waals surface area contributed by atoms with E-state index in [-0.39, 0.29) is 12.5 Å². The Labute approximate surface area is 125 Å². The standard InChI is InChI=1S/C16H25NO4/c1-10(2)11-5-7-14(21-4)12(9-11)16(20)13(17-3)6-8-15(18)19/h5,7,9-10,13,16-17,20H,6,8H2,1-4H3,(H,18,19). The average molecular weight is 295 g/mol. The molecule has 0 amide bonds. The van der Waals surface area contributed by atoms with Crippen molar-refractivity contribution in [1.82, 2.24) is 5.32 Å². The van der Waals surface area contributed by atoms with Crippen LogP contribution in [-0.4, -0.2) is 36.4 Å². The number of carbonyl (C=O) groups is 1. The van der Waals surface area contributed by atoms with Gasteiger partial charge in [-0.1, -0.05) is 19.9 Å². The van der Waals surface area contributed by atoms with Crippen molar-refractivity contribution in [3.05, 3.63) is 29.3 Å². The van der Waals surface area contributed by atoms with Crippen molar-refractivity contribution in [3.8, 4) is 5.75 Å². The van der Waals surface area contributed by atoms with Crippen LogP contribution in [0, 0.1) is 0 Å². The van der Waals surface area contributed by atoms with Crippen LogP contribution in [0.25, 0.3) is 0 Å². The van der Waals surface area contributed by atoms with Crippen LogP contribution >= 0.6 is 0 Å². The second-order valence-corrected chi connectivity index (χ2v) is 5.43. The van der Waals surface area contributed by atoms with Crippen LogP contribution in [-0.2, 0) is 4.79 Å². The summed E-state index contributed by atoms with van der Waals surface area (Å²) in [6.45, 7) is 4.16. The summed E-state index contributed by atoms with van der Waals surface area (Å²) in [5, 5.41) is 22.4. The summed E-state index contributed by atoms with van der Waals surface area (Å²) in [6.07, 6.45) is -0.459. The van der Waals surface area contributed by atoms with Gasteiger partial charge < -0.3 is 20.3 Å². The Balaban J connectivity index is 3.04. The van der Waals surface area contributed by atoms with E-state index in [4.69, 9.17) is 9.84 Å². The van der Waals surface area contributed by atoms with Gasteiger partial charge in [-0.3, -0.25) is 4.79 Å². The van der Waals surface area contributed by atoms with Crippen LogP contribution in [0.4, 0.5) is 0 Å². The number of carboxylic acid groups (broad SMARTS) is 1. The lowest BCUT2D eigenvalue weighted by Crippen LogP contribution is -2.33.